The lowest BCUT2D eigenvalue weighted by atomic mass is 10.0. The van der Waals surface area contributed by atoms with E-state index in [0.717, 1.165) is 18.0 Å². The molecule has 1 saturated heterocycles. The summed E-state index contributed by atoms with van der Waals surface area (Å²) in [6, 6.07) is 6.57. The van der Waals surface area contributed by atoms with Crippen LogP contribution in [0.2, 0.25) is 0 Å². The van der Waals surface area contributed by atoms with E-state index in [9.17, 15) is 0 Å². The molecule has 18 heavy (non-hydrogen) atoms. The van der Waals surface area contributed by atoms with E-state index >= 15 is 0 Å². The Balaban J connectivity index is 2.29. The molecule has 1 aromatic carbocycles. The summed E-state index contributed by atoms with van der Waals surface area (Å²) >= 11 is 0. The Morgan fingerprint density at radius 2 is 2.11 bits per heavy atom. The molecule has 0 radical (unpaired) electrons. The number of rotatable bonds is 5. The normalized spacial score (nSPS) is 20.1. The molecule has 0 bridgehead atoms. The molecule has 3 nitrogen and oxygen atoms in total. The van der Waals surface area contributed by atoms with Crippen LogP contribution in [-0.2, 0) is 0 Å². The van der Waals surface area contributed by atoms with Gasteiger partial charge in [0.25, 0.3) is 0 Å². The van der Waals surface area contributed by atoms with Crippen LogP contribution in [0.15, 0.2) is 18.2 Å². The molecule has 1 aliphatic heterocycles. The zero-order valence-electron chi connectivity index (χ0n) is 11.6. The first-order valence-electron chi connectivity index (χ1n) is 6.76. The maximum Gasteiger partial charge on any atom is 0.123 e. The van der Waals surface area contributed by atoms with Gasteiger partial charge >= 0.3 is 0 Å². The van der Waals surface area contributed by atoms with Crippen molar-refractivity contribution >= 4 is 0 Å². The van der Waals surface area contributed by atoms with Crippen LogP contribution in [0.4, 0.5) is 0 Å². The fraction of sp³-hybridized carbons (Fsp3) is 0.600. The molecule has 2 rings (SSSR count). The maximum atomic E-state index is 5.50. The third-order valence-corrected chi connectivity index (χ3v) is 3.67. The molecule has 0 amide bonds. The van der Waals surface area contributed by atoms with Crippen LogP contribution in [0, 0.1) is 0 Å². The molecular weight excluding hydrogens is 226 g/mol. The van der Waals surface area contributed by atoms with E-state index in [1.54, 1.807) is 14.2 Å². The minimum absolute atomic E-state index is 0.481. The molecule has 1 fully saturated rings. The Bertz CT molecular complexity index is 392. The number of ether oxygens (including phenoxy) is 2. The van der Waals surface area contributed by atoms with Gasteiger partial charge in [0.05, 0.1) is 14.2 Å². The fourth-order valence-corrected chi connectivity index (χ4v) is 2.83. The van der Waals surface area contributed by atoms with Crippen LogP contribution in [0.5, 0.6) is 11.5 Å². The first-order valence-corrected chi connectivity index (χ1v) is 6.76. The first kappa shape index (κ1) is 13.2. The third kappa shape index (κ3) is 2.61. The van der Waals surface area contributed by atoms with Crippen molar-refractivity contribution in [1.82, 2.24) is 4.90 Å². The predicted octanol–water partition coefficient (Wildman–Crippen LogP) is 3.25. The molecule has 1 aromatic rings. The standard InChI is InChI=1S/C15H23NO2/c1-4-9-16-10-5-6-14(16)13-11-12(17-2)7-8-15(13)18-3/h7-8,11,14H,4-6,9-10H2,1-3H3/t14-/m0/s1. The average Bonchev–Trinajstić information content (AvgIpc) is 2.86. The Kier molecular flexibility index (Phi) is 4.48. The number of methoxy groups -OCH3 is 2. The second kappa shape index (κ2) is 6.10. The lowest BCUT2D eigenvalue weighted by molar-refractivity contribution is 0.251. The Hall–Kier alpha value is -1.22. The van der Waals surface area contributed by atoms with Gasteiger partial charge in [-0.25, -0.2) is 0 Å². The molecular formula is C15H23NO2. The van der Waals surface area contributed by atoms with Crippen LogP contribution in [-0.4, -0.2) is 32.2 Å². The lowest BCUT2D eigenvalue weighted by Gasteiger charge is -2.26. The number of likely N-dealkylation sites (tertiary alicyclic amines) is 1. The highest BCUT2D eigenvalue weighted by Gasteiger charge is 2.27. The quantitative estimate of drug-likeness (QED) is 0.799. The zero-order chi connectivity index (χ0) is 13.0. The van der Waals surface area contributed by atoms with Gasteiger partial charge in [0, 0.05) is 11.6 Å². The monoisotopic (exact) mass is 249 g/mol. The largest absolute Gasteiger partial charge is 0.497 e. The zero-order valence-corrected chi connectivity index (χ0v) is 11.6. The number of nitrogens with zero attached hydrogens (tertiary/aromatic N) is 1. The van der Waals surface area contributed by atoms with E-state index in [4.69, 9.17) is 9.47 Å². The SMILES string of the molecule is CCCN1CCC[C@H]1c1cc(OC)ccc1OC. The van der Waals surface area contributed by atoms with Gasteiger partial charge < -0.3 is 9.47 Å². The topological polar surface area (TPSA) is 21.7 Å². The highest BCUT2D eigenvalue weighted by atomic mass is 16.5. The van der Waals surface area contributed by atoms with Crippen molar-refractivity contribution in [2.75, 3.05) is 27.3 Å². The van der Waals surface area contributed by atoms with Crippen molar-refractivity contribution in [3.63, 3.8) is 0 Å². The number of hydrogen-bond donors (Lipinski definition) is 0. The highest BCUT2D eigenvalue weighted by Crippen LogP contribution is 2.38. The molecule has 1 heterocycles. The van der Waals surface area contributed by atoms with E-state index in [1.807, 2.05) is 12.1 Å². The Morgan fingerprint density at radius 1 is 1.28 bits per heavy atom. The molecule has 100 valence electrons. The Labute approximate surface area is 110 Å². The molecule has 1 atom stereocenters. The average molecular weight is 249 g/mol. The van der Waals surface area contributed by atoms with Crippen LogP contribution in [0.1, 0.15) is 37.8 Å². The molecule has 1 aliphatic rings. The van der Waals surface area contributed by atoms with E-state index < -0.39 is 0 Å². The van der Waals surface area contributed by atoms with E-state index in [0.29, 0.717) is 6.04 Å². The van der Waals surface area contributed by atoms with Gasteiger partial charge in [-0.05, 0) is 50.6 Å². The molecule has 0 saturated carbocycles. The fourth-order valence-electron chi connectivity index (χ4n) is 2.83. The van der Waals surface area contributed by atoms with Crippen LogP contribution in [0.25, 0.3) is 0 Å². The summed E-state index contributed by atoms with van der Waals surface area (Å²) in [5.74, 6) is 1.89. The molecule has 0 N–H and O–H groups in total. The number of benzene rings is 1. The molecule has 0 unspecified atom stereocenters. The molecule has 0 spiro atoms. The minimum Gasteiger partial charge on any atom is -0.497 e. The van der Waals surface area contributed by atoms with Crippen molar-refractivity contribution in [1.29, 1.82) is 0 Å². The molecule has 3 heteroatoms. The van der Waals surface area contributed by atoms with Gasteiger partial charge in [0.1, 0.15) is 11.5 Å². The van der Waals surface area contributed by atoms with Gasteiger partial charge in [-0.15, -0.1) is 0 Å². The summed E-state index contributed by atoms with van der Waals surface area (Å²) in [6.45, 7) is 4.59. The van der Waals surface area contributed by atoms with Gasteiger partial charge in [-0.1, -0.05) is 6.92 Å². The molecule has 0 aliphatic carbocycles. The van der Waals surface area contributed by atoms with Gasteiger partial charge in [0.15, 0.2) is 0 Å². The second-order valence-electron chi connectivity index (χ2n) is 4.80. The van der Waals surface area contributed by atoms with E-state index in [1.165, 1.54) is 31.4 Å². The summed E-state index contributed by atoms with van der Waals surface area (Å²) in [5, 5.41) is 0. The summed E-state index contributed by atoms with van der Waals surface area (Å²) in [6.07, 6.45) is 3.68. The van der Waals surface area contributed by atoms with Crippen molar-refractivity contribution in [2.24, 2.45) is 0 Å². The van der Waals surface area contributed by atoms with Crippen molar-refractivity contribution in [3.8, 4) is 11.5 Å². The summed E-state index contributed by atoms with van der Waals surface area (Å²) in [5.41, 5.74) is 1.27. The molecule has 0 aromatic heterocycles. The second-order valence-corrected chi connectivity index (χ2v) is 4.80. The number of hydrogen-bond acceptors (Lipinski definition) is 3. The van der Waals surface area contributed by atoms with Crippen LogP contribution >= 0.6 is 0 Å². The first-order chi connectivity index (χ1) is 8.80. The smallest absolute Gasteiger partial charge is 0.123 e. The van der Waals surface area contributed by atoms with E-state index in [2.05, 4.69) is 17.9 Å². The van der Waals surface area contributed by atoms with Gasteiger partial charge in [0.2, 0.25) is 0 Å². The summed E-state index contributed by atoms with van der Waals surface area (Å²) in [7, 11) is 3.45. The van der Waals surface area contributed by atoms with Gasteiger partial charge in [-0.3, -0.25) is 4.90 Å². The maximum absolute atomic E-state index is 5.50. The van der Waals surface area contributed by atoms with Crippen LogP contribution in [0.3, 0.4) is 0 Å². The minimum atomic E-state index is 0.481. The predicted molar refractivity (Wildman–Crippen MR) is 73.4 cm³/mol. The summed E-state index contributed by atoms with van der Waals surface area (Å²) < 4.78 is 10.8. The van der Waals surface area contributed by atoms with Crippen LogP contribution < -0.4 is 9.47 Å². The van der Waals surface area contributed by atoms with Crippen molar-refractivity contribution in [3.05, 3.63) is 23.8 Å². The summed E-state index contributed by atoms with van der Waals surface area (Å²) in [4.78, 5) is 2.55. The van der Waals surface area contributed by atoms with Gasteiger partial charge in [-0.2, -0.15) is 0 Å². The Morgan fingerprint density at radius 3 is 2.78 bits per heavy atom. The lowest BCUT2D eigenvalue weighted by Crippen LogP contribution is -2.24. The van der Waals surface area contributed by atoms with E-state index in [-0.39, 0.29) is 0 Å². The van der Waals surface area contributed by atoms with Crippen molar-refractivity contribution < 1.29 is 9.47 Å². The van der Waals surface area contributed by atoms with Crippen molar-refractivity contribution in [2.45, 2.75) is 32.2 Å². The highest BCUT2D eigenvalue weighted by molar-refractivity contribution is 5.42. The third-order valence-electron chi connectivity index (χ3n) is 3.67.